The normalized spacial score (nSPS) is 47.2. The van der Waals surface area contributed by atoms with E-state index in [2.05, 4.69) is 68.6 Å². The third-order valence-corrected chi connectivity index (χ3v) is 11.5. The molecule has 4 saturated heterocycles. The molecule has 0 aliphatic carbocycles. The van der Waals surface area contributed by atoms with Gasteiger partial charge in [0.25, 0.3) is 0 Å². The predicted octanol–water partition coefficient (Wildman–Crippen LogP) is 3.57. The van der Waals surface area contributed by atoms with E-state index in [1.165, 1.54) is 23.0 Å². The second-order valence-electron chi connectivity index (χ2n) is 4.61. The standard InChI is InChI=1S/C10H14S6/c1-5(11-1)9(6-2-12-6)15-16-10(7-3-13-7)8-4-14-8/h5-10H,1-4H2. The molecule has 6 heteroatoms. The molecule has 0 saturated carbocycles. The van der Waals surface area contributed by atoms with Gasteiger partial charge >= 0.3 is 0 Å². The molecule has 4 rings (SSSR count). The first-order chi connectivity index (χ1) is 7.92. The van der Waals surface area contributed by atoms with Crippen molar-refractivity contribution in [1.82, 2.24) is 0 Å². The van der Waals surface area contributed by atoms with Crippen molar-refractivity contribution in [3.8, 4) is 0 Å². The maximum atomic E-state index is 2.26. The highest BCUT2D eigenvalue weighted by Gasteiger charge is 2.47. The van der Waals surface area contributed by atoms with Crippen LogP contribution in [0, 0.1) is 0 Å². The van der Waals surface area contributed by atoms with Crippen molar-refractivity contribution in [2.45, 2.75) is 31.5 Å². The van der Waals surface area contributed by atoms with Gasteiger partial charge in [0.1, 0.15) is 0 Å². The largest absolute Gasteiger partial charge is 0.155 e. The topological polar surface area (TPSA) is 0 Å². The van der Waals surface area contributed by atoms with Crippen molar-refractivity contribution in [2.24, 2.45) is 0 Å². The van der Waals surface area contributed by atoms with E-state index in [1.54, 1.807) is 0 Å². The molecule has 4 fully saturated rings. The molecule has 4 unspecified atom stereocenters. The van der Waals surface area contributed by atoms with Gasteiger partial charge in [0.2, 0.25) is 0 Å². The maximum absolute atomic E-state index is 2.26. The van der Waals surface area contributed by atoms with Crippen LogP contribution in [0.3, 0.4) is 0 Å². The van der Waals surface area contributed by atoms with E-state index in [-0.39, 0.29) is 0 Å². The highest BCUT2D eigenvalue weighted by molar-refractivity contribution is 8.77. The van der Waals surface area contributed by atoms with Gasteiger partial charge in [-0.15, -0.1) is 0 Å². The second-order valence-corrected chi connectivity index (χ2v) is 12.3. The number of hydrogen-bond donors (Lipinski definition) is 0. The minimum absolute atomic E-state index is 0.968. The summed E-state index contributed by atoms with van der Waals surface area (Å²) in [6.45, 7) is 0. The van der Waals surface area contributed by atoms with Gasteiger partial charge < -0.3 is 0 Å². The van der Waals surface area contributed by atoms with E-state index >= 15 is 0 Å². The molecule has 0 amide bonds. The van der Waals surface area contributed by atoms with Gasteiger partial charge in [-0.2, -0.15) is 47.0 Å². The van der Waals surface area contributed by atoms with Crippen molar-refractivity contribution in [2.75, 3.05) is 23.0 Å². The van der Waals surface area contributed by atoms with Gasteiger partial charge in [-0.25, -0.2) is 0 Å². The van der Waals surface area contributed by atoms with E-state index in [9.17, 15) is 0 Å². The molecule has 0 N–H and O–H groups in total. The van der Waals surface area contributed by atoms with Crippen molar-refractivity contribution in [3.63, 3.8) is 0 Å². The zero-order valence-corrected chi connectivity index (χ0v) is 13.6. The van der Waals surface area contributed by atoms with E-state index in [0.717, 1.165) is 31.5 Å². The molecule has 4 heterocycles. The molecule has 16 heavy (non-hydrogen) atoms. The van der Waals surface area contributed by atoms with Crippen LogP contribution < -0.4 is 0 Å². The average molecular weight is 327 g/mol. The van der Waals surface area contributed by atoms with E-state index < -0.39 is 0 Å². The Morgan fingerprint density at radius 2 is 0.875 bits per heavy atom. The molecule has 0 bridgehead atoms. The van der Waals surface area contributed by atoms with Crippen LogP contribution in [-0.2, 0) is 0 Å². The number of hydrogen-bond acceptors (Lipinski definition) is 6. The highest BCUT2D eigenvalue weighted by atomic mass is 33.1. The van der Waals surface area contributed by atoms with Crippen LogP contribution in [-0.4, -0.2) is 54.5 Å². The summed E-state index contributed by atoms with van der Waals surface area (Å²) in [6.07, 6.45) is 0. The fourth-order valence-corrected chi connectivity index (χ4v) is 11.3. The molecule has 0 aromatic heterocycles. The van der Waals surface area contributed by atoms with Crippen LogP contribution in [0.15, 0.2) is 0 Å². The molecule has 0 radical (unpaired) electrons. The molecule has 4 atom stereocenters. The van der Waals surface area contributed by atoms with Crippen LogP contribution in [0.25, 0.3) is 0 Å². The van der Waals surface area contributed by atoms with Crippen LogP contribution in [0.2, 0.25) is 0 Å². The quantitative estimate of drug-likeness (QED) is 0.514. The number of rotatable bonds is 7. The lowest BCUT2D eigenvalue weighted by molar-refractivity contribution is 0.925. The van der Waals surface area contributed by atoms with Crippen molar-refractivity contribution in [1.29, 1.82) is 0 Å². The van der Waals surface area contributed by atoms with E-state index in [1.807, 2.05) is 0 Å². The van der Waals surface area contributed by atoms with Crippen LogP contribution in [0.1, 0.15) is 0 Å². The zero-order valence-electron chi connectivity index (χ0n) is 8.74. The van der Waals surface area contributed by atoms with Gasteiger partial charge in [-0.1, -0.05) is 21.6 Å². The summed E-state index contributed by atoms with van der Waals surface area (Å²) in [5.74, 6) is 5.76. The summed E-state index contributed by atoms with van der Waals surface area (Å²) in [7, 11) is 4.51. The predicted molar refractivity (Wildman–Crippen MR) is 87.7 cm³/mol. The minimum atomic E-state index is 0.968. The first kappa shape index (κ1) is 11.9. The highest BCUT2D eigenvalue weighted by Crippen LogP contribution is 2.57. The van der Waals surface area contributed by atoms with Gasteiger partial charge in [0.15, 0.2) is 0 Å². The summed E-state index contributed by atoms with van der Waals surface area (Å²) >= 11 is 8.75. The first-order valence-electron chi connectivity index (χ1n) is 5.70. The monoisotopic (exact) mass is 326 g/mol. The molecule has 0 nitrogen and oxygen atoms in total. The smallest absolute Gasteiger partial charge is 0.0405 e. The van der Waals surface area contributed by atoms with Crippen molar-refractivity contribution >= 4 is 68.6 Å². The van der Waals surface area contributed by atoms with E-state index in [0.29, 0.717) is 0 Å². The Bertz CT molecular complexity index is 216. The van der Waals surface area contributed by atoms with Crippen LogP contribution in [0.5, 0.6) is 0 Å². The van der Waals surface area contributed by atoms with Gasteiger partial charge in [0, 0.05) is 54.5 Å². The Labute approximate surface area is 122 Å². The van der Waals surface area contributed by atoms with Gasteiger partial charge in [-0.3, -0.25) is 0 Å². The average Bonchev–Trinajstić information content (AvgIpc) is 3.10. The molecule has 4 aliphatic rings. The summed E-state index contributed by atoms with van der Waals surface area (Å²) < 4.78 is 0. The fraction of sp³-hybridized carbons (Fsp3) is 1.00. The Morgan fingerprint density at radius 1 is 0.625 bits per heavy atom. The lowest BCUT2D eigenvalue weighted by Gasteiger charge is -2.17. The number of thioether (sulfide) groups is 4. The minimum Gasteiger partial charge on any atom is -0.155 e. The summed E-state index contributed by atoms with van der Waals surface area (Å²) in [4.78, 5) is 0. The first-order valence-corrected chi connectivity index (χ1v) is 12.2. The maximum Gasteiger partial charge on any atom is 0.0405 e. The second kappa shape index (κ2) is 4.89. The van der Waals surface area contributed by atoms with Crippen molar-refractivity contribution < 1.29 is 0 Å². The summed E-state index contributed by atoms with van der Waals surface area (Å²) in [6, 6.07) is 0. The van der Waals surface area contributed by atoms with Crippen molar-refractivity contribution in [3.05, 3.63) is 0 Å². The third-order valence-electron chi connectivity index (χ3n) is 3.18. The molecule has 0 aromatic rings. The molecular weight excluding hydrogens is 313 g/mol. The Balaban J connectivity index is 1.31. The summed E-state index contributed by atoms with van der Waals surface area (Å²) in [5.41, 5.74) is 0. The van der Waals surface area contributed by atoms with Gasteiger partial charge in [-0.05, 0) is 0 Å². The summed E-state index contributed by atoms with van der Waals surface area (Å²) in [5, 5.41) is 5.98. The fourth-order valence-electron chi connectivity index (χ4n) is 1.84. The molecule has 4 aliphatic heterocycles. The molecule has 0 spiro atoms. The molecular formula is C10H14S6. The lowest BCUT2D eigenvalue weighted by Crippen LogP contribution is -2.19. The van der Waals surface area contributed by atoms with Crippen LogP contribution in [0.4, 0.5) is 0 Å². The third kappa shape index (κ3) is 2.98. The SMILES string of the molecule is C1SC1C(SSC(C1CS1)C1CS1)C1CS1. The van der Waals surface area contributed by atoms with Gasteiger partial charge in [0.05, 0.1) is 0 Å². The Kier molecular flexibility index (Phi) is 3.63. The Hall–Kier alpha value is 2.10. The Morgan fingerprint density at radius 3 is 1.06 bits per heavy atom. The van der Waals surface area contributed by atoms with E-state index in [4.69, 9.17) is 0 Å². The molecule has 90 valence electrons. The lowest BCUT2D eigenvalue weighted by atomic mass is 10.3. The van der Waals surface area contributed by atoms with Crippen LogP contribution >= 0.6 is 68.6 Å². The zero-order chi connectivity index (χ0) is 10.5. The molecule has 0 aromatic carbocycles.